The van der Waals surface area contributed by atoms with Crippen molar-refractivity contribution in [3.63, 3.8) is 0 Å². The van der Waals surface area contributed by atoms with E-state index in [1.807, 2.05) is 11.9 Å². The minimum absolute atomic E-state index is 0.185. The van der Waals surface area contributed by atoms with Crippen LogP contribution in [0.25, 0.3) is 0 Å². The summed E-state index contributed by atoms with van der Waals surface area (Å²) in [5.41, 5.74) is 0. The maximum atomic E-state index is 12.2. The van der Waals surface area contributed by atoms with Gasteiger partial charge in [0, 0.05) is 45.4 Å². The molecule has 0 aromatic carbocycles. The van der Waals surface area contributed by atoms with E-state index in [9.17, 15) is 4.79 Å². The predicted octanol–water partition coefficient (Wildman–Crippen LogP) is 1.42. The van der Waals surface area contributed by atoms with Gasteiger partial charge in [0.05, 0.1) is 0 Å². The van der Waals surface area contributed by atoms with Gasteiger partial charge in [-0.3, -0.25) is 4.79 Å². The molecule has 2 rings (SSSR count). The largest absolute Gasteiger partial charge is 0.344 e. The summed E-state index contributed by atoms with van der Waals surface area (Å²) in [5.74, 6) is 0.889. The van der Waals surface area contributed by atoms with E-state index in [1.165, 1.54) is 43.9 Å². The molecule has 0 bridgehead atoms. The van der Waals surface area contributed by atoms with Crippen LogP contribution in [-0.2, 0) is 11.8 Å². The van der Waals surface area contributed by atoms with Crippen molar-refractivity contribution in [2.24, 2.45) is 7.05 Å². The van der Waals surface area contributed by atoms with Crippen molar-refractivity contribution >= 4 is 17.7 Å². The van der Waals surface area contributed by atoms with Gasteiger partial charge in [0.25, 0.3) is 0 Å². The van der Waals surface area contributed by atoms with Crippen LogP contribution in [0.3, 0.4) is 0 Å². The highest BCUT2D eigenvalue weighted by Gasteiger charge is 2.18. The van der Waals surface area contributed by atoms with Gasteiger partial charge in [-0.15, -0.1) is 5.10 Å². The van der Waals surface area contributed by atoms with Crippen molar-refractivity contribution in [3.05, 3.63) is 0 Å². The van der Waals surface area contributed by atoms with Gasteiger partial charge in [-0.1, -0.05) is 31.0 Å². The SMILES string of the molecule is CN(CCN(C)C1CCCCC1)C(=O)CCSc1nnnn1C. The van der Waals surface area contributed by atoms with Gasteiger partial charge >= 0.3 is 0 Å². The quantitative estimate of drug-likeness (QED) is 0.667. The number of aromatic nitrogens is 4. The van der Waals surface area contributed by atoms with Crippen LogP contribution in [-0.4, -0.2) is 74.9 Å². The van der Waals surface area contributed by atoms with Crippen molar-refractivity contribution < 1.29 is 4.79 Å². The summed E-state index contributed by atoms with van der Waals surface area (Å²) in [5, 5.41) is 12.0. The molecule has 0 unspecified atom stereocenters. The van der Waals surface area contributed by atoms with Crippen molar-refractivity contribution in [1.29, 1.82) is 0 Å². The Labute approximate surface area is 142 Å². The molecule has 130 valence electrons. The Morgan fingerprint density at radius 3 is 2.65 bits per heavy atom. The number of likely N-dealkylation sites (N-methyl/N-ethyl adjacent to an activating group) is 2. The molecule has 1 heterocycles. The first-order chi connectivity index (χ1) is 11.1. The summed E-state index contributed by atoms with van der Waals surface area (Å²) in [7, 11) is 5.88. The average Bonchev–Trinajstić information content (AvgIpc) is 2.98. The fraction of sp³-hybridized carbons (Fsp3) is 0.867. The van der Waals surface area contributed by atoms with Crippen LogP contribution in [0.4, 0.5) is 0 Å². The van der Waals surface area contributed by atoms with Crippen molar-refractivity contribution in [1.82, 2.24) is 30.0 Å². The Morgan fingerprint density at radius 1 is 1.26 bits per heavy atom. The lowest BCUT2D eigenvalue weighted by Gasteiger charge is -2.32. The molecule has 0 N–H and O–H groups in total. The second-order valence-electron chi connectivity index (χ2n) is 6.27. The molecule has 8 heteroatoms. The van der Waals surface area contributed by atoms with Gasteiger partial charge < -0.3 is 9.80 Å². The van der Waals surface area contributed by atoms with E-state index >= 15 is 0 Å². The first-order valence-electron chi connectivity index (χ1n) is 8.37. The smallest absolute Gasteiger partial charge is 0.223 e. The predicted molar refractivity (Wildman–Crippen MR) is 91.3 cm³/mol. The van der Waals surface area contributed by atoms with E-state index in [0.717, 1.165) is 18.2 Å². The summed E-state index contributed by atoms with van der Waals surface area (Å²) in [4.78, 5) is 16.4. The van der Waals surface area contributed by atoms with E-state index < -0.39 is 0 Å². The number of amides is 1. The zero-order valence-corrected chi connectivity index (χ0v) is 15.3. The van der Waals surface area contributed by atoms with Crippen LogP contribution in [0.5, 0.6) is 0 Å². The molecule has 1 aromatic heterocycles. The lowest BCUT2D eigenvalue weighted by atomic mass is 9.94. The number of carbonyl (C=O) groups excluding carboxylic acids is 1. The standard InChI is InChI=1S/C15H28N6OS/c1-19(13-7-5-4-6-8-13)10-11-20(2)14(22)9-12-23-15-16-17-18-21(15)3/h13H,4-12H2,1-3H3. The maximum absolute atomic E-state index is 12.2. The van der Waals surface area contributed by atoms with E-state index in [1.54, 1.807) is 11.7 Å². The number of hydrogen-bond acceptors (Lipinski definition) is 6. The van der Waals surface area contributed by atoms with Crippen molar-refractivity contribution in [3.8, 4) is 0 Å². The van der Waals surface area contributed by atoms with Gasteiger partial charge in [0.2, 0.25) is 11.1 Å². The third-order valence-corrected chi connectivity index (χ3v) is 5.55. The number of thioether (sulfide) groups is 1. The van der Waals surface area contributed by atoms with Crippen LogP contribution in [0, 0.1) is 0 Å². The van der Waals surface area contributed by atoms with Crippen molar-refractivity contribution in [2.75, 3.05) is 32.9 Å². The van der Waals surface area contributed by atoms with E-state index in [0.29, 0.717) is 18.2 Å². The molecule has 1 fully saturated rings. The van der Waals surface area contributed by atoms with Gasteiger partial charge in [0.1, 0.15) is 0 Å². The van der Waals surface area contributed by atoms with Gasteiger partial charge in [-0.25, -0.2) is 4.68 Å². The Hall–Kier alpha value is -1.15. The molecule has 7 nitrogen and oxygen atoms in total. The molecule has 1 amide bonds. The lowest BCUT2D eigenvalue weighted by Crippen LogP contribution is -2.40. The minimum Gasteiger partial charge on any atom is -0.344 e. The Morgan fingerprint density at radius 2 is 2.00 bits per heavy atom. The summed E-state index contributed by atoms with van der Waals surface area (Å²) in [6, 6.07) is 0.700. The molecule has 23 heavy (non-hydrogen) atoms. The van der Waals surface area contributed by atoms with E-state index in [4.69, 9.17) is 0 Å². The Balaban J connectivity index is 1.63. The molecule has 0 saturated heterocycles. The summed E-state index contributed by atoms with van der Waals surface area (Å²) >= 11 is 1.52. The molecule has 0 radical (unpaired) electrons. The van der Waals surface area contributed by atoms with Crippen LogP contribution >= 0.6 is 11.8 Å². The monoisotopic (exact) mass is 340 g/mol. The normalized spacial score (nSPS) is 16.0. The molecule has 0 atom stereocenters. The van der Waals surface area contributed by atoms with Crippen LogP contribution in [0.1, 0.15) is 38.5 Å². The number of hydrogen-bond donors (Lipinski definition) is 0. The zero-order valence-electron chi connectivity index (χ0n) is 14.4. The highest BCUT2D eigenvalue weighted by atomic mass is 32.2. The molecule has 0 spiro atoms. The molecular formula is C15H28N6OS. The molecule has 1 aliphatic carbocycles. The zero-order chi connectivity index (χ0) is 16.7. The molecular weight excluding hydrogens is 312 g/mol. The summed E-state index contributed by atoms with van der Waals surface area (Å²) in [6.07, 6.45) is 7.19. The average molecular weight is 340 g/mol. The third kappa shape index (κ3) is 5.76. The third-order valence-electron chi connectivity index (χ3n) is 4.54. The minimum atomic E-state index is 0.185. The first-order valence-corrected chi connectivity index (χ1v) is 9.36. The van der Waals surface area contributed by atoms with Crippen molar-refractivity contribution in [2.45, 2.75) is 49.7 Å². The topological polar surface area (TPSA) is 67.2 Å². The van der Waals surface area contributed by atoms with Crippen LogP contribution in [0.2, 0.25) is 0 Å². The maximum Gasteiger partial charge on any atom is 0.223 e. The molecule has 0 aliphatic heterocycles. The van der Waals surface area contributed by atoms with E-state index in [-0.39, 0.29) is 5.91 Å². The fourth-order valence-electron chi connectivity index (χ4n) is 2.90. The number of tetrazole rings is 1. The number of aryl methyl sites for hydroxylation is 1. The molecule has 1 aliphatic rings. The number of carbonyl (C=O) groups is 1. The Kier molecular flexibility index (Phi) is 7.29. The fourth-order valence-corrected chi connectivity index (χ4v) is 3.68. The summed E-state index contributed by atoms with van der Waals surface area (Å²) < 4.78 is 1.62. The van der Waals surface area contributed by atoms with Crippen LogP contribution in [0.15, 0.2) is 5.16 Å². The van der Waals surface area contributed by atoms with Gasteiger partial charge in [-0.05, 0) is 30.3 Å². The highest BCUT2D eigenvalue weighted by Crippen LogP contribution is 2.21. The lowest BCUT2D eigenvalue weighted by molar-refractivity contribution is -0.129. The Bertz CT molecular complexity index is 488. The number of nitrogens with zero attached hydrogens (tertiary/aromatic N) is 6. The molecule has 1 aromatic rings. The first kappa shape index (κ1) is 18.2. The molecule has 1 saturated carbocycles. The number of rotatable bonds is 8. The summed E-state index contributed by atoms with van der Waals surface area (Å²) in [6.45, 7) is 1.75. The van der Waals surface area contributed by atoms with Crippen LogP contribution < -0.4 is 0 Å². The van der Waals surface area contributed by atoms with Gasteiger partial charge in [0.15, 0.2) is 0 Å². The highest BCUT2D eigenvalue weighted by molar-refractivity contribution is 7.99. The van der Waals surface area contributed by atoms with Gasteiger partial charge in [-0.2, -0.15) is 0 Å². The second kappa shape index (κ2) is 9.22. The van der Waals surface area contributed by atoms with E-state index in [2.05, 4.69) is 27.5 Å². The second-order valence-corrected chi connectivity index (χ2v) is 7.33.